The minimum absolute atomic E-state index is 0.348. The van der Waals surface area contributed by atoms with E-state index in [-0.39, 0.29) is 0 Å². The van der Waals surface area contributed by atoms with Gasteiger partial charge in [0.1, 0.15) is 0 Å². The Kier molecular flexibility index (Phi) is 3.73. The van der Waals surface area contributed by atoms with Crippen molar-refractivity contribution in [1.82, 2.24) is 0 Å². The van der Waals surface area contributed by atoms with Crippen molar-refractivity contribution in [3.63, 3.8) is 0 Å². The van der Waals surface area contributed by atoms with Crippen molar-refractivity contribution in [3.05, 3.63) is 11.6 Å². The third kappa shape index (κ3) is 2.15. The molecule has 132 valence electrons. The zero-order valence-corrected chi connectivity index (χ0v) is 17.2. The summed E-state index contributed by atoms with van der Waals surface area (Å²) in [6.45, 7) is 22.4. The molecule has 2 fully saturated rings. The van der Waals surface area contributed by atoms with Gasteiger partial charge in [0.2, 0.25) is 0 Å². The highest BCUT2D eigenvalue weighted by molar-refractivity contribution is 5.35. The maximum absolute atomic E-state index is 2.62. The lowest BCUT2D eigenvalue weighted by molar-refractivity contribution is -0.208. The fourth-order valence-electron chi connectivity index (χ4n) is 6.85. The van der Waals surface area contributed by atoms with E-state index in [1.54, 1.807) is 0 Å². The van der Waals surface area contributed by atoms with E-state index in [1.807, 2.05) is 5.57 Å². The first-order valence-electron chi connectivity index (χ1n) is 10.1. The van der Waals surface area contributed by atoms with Crippen molar-refractivity contribution < 1.29 is 0 Å². The van der Waals surface area contributed by atoms with Crippen LogP contribution in [0.3, 0.4) is 0 Å². The monoisotopic (exact) mass is 316 g/mol. The second kappa shape index (κ2) is 4.89. The molecule has 0 radical (unpaired) electrons. The molecule has 23 heavy (non-hydrogen) atoms. The van der Waals surface area contributed by atoms with Gasteiger partial charge >= 0.3 is 0 Å². The van der Waals surface area contributed by atoms with Crippen LogP contribution in [0.4, 0.5) is 0 Å². The SMILES string of the molecule is CCC1(CC(C)(C(C)(C)C)C(C)(C)C)C2CC3=CC(C)CC1C32. The van der Waals surface area contributed by atoms with Crippen LogP contribution in [-0.4, -0.2) is 0 Å². The Morgan fingerprint density at radius 2 is 1.57 bits per heavy atom. The summed E-state index contributed by atoms with van der Waals surface area (Å²) in [5.74, 6) is 3.77. The highest BCUT2D eigenvalue weighted by atomic mass is 14.7. The van der Waals surface area contributed by atoms with E-state index in [9.17, 15) is 0 Å². The van der Waals surface area contributed by atoms with Crippen LogP contribution in [0.15, 0.2) is 11.6 Å². The Hall–Kier alpha value is -0.260. The summed E-state index contributed by atoms with van der Waals surface area (Å²) in [6, 6.07) is 0. The third-order valence-corrected chi connectivity index (χ3v) is 9.00. The highest BCUT2D eigenvalue weighted by Crippen LogP contribution is 2.76. The molecular weight excluding hydrogens is 276 g/mol. The molecule has 0 aromatic heterocycles. The molecule has 5 unspecified atom stereocenters. The minimum Gasteiger partial charge on any atom is -0.0822 e. The largest absolute Gasteiger partial charge is 0.0822 e. The van der Waals surface area contributed by atoms with E-state index >= 15 is 0 Å². The lowest BCUT2D eigenvalue weighted by Crippen LogP contribution is -2.66. The fourth-order valence-corrected chi connectivity index (χ4v) is 6.85. The highest BCUT2D eigenvalue weighted by Gasteiger charge is 2.69. The van der Waals surface area contributed by atoms with Gasteiger partial charge in [-0.05, 0) is 71.0 Å². The molecule has 0 heterocycles. The van der Waals surface area contributed by atoms with Crippen LogP contribution in [0.25, 0.3) is 0 Å². The molecule has 3 aliphatic rings. The van der Waals surface area contributed by atoms with E-state index in [2.05, 4.69) is 68.4 Å². The van der Waals surface area contributed by atoms with Crippen molar-refractivity contribution >= 4 is 0 Å². The summed E-state index contributed by atoms with van der Waals surface area (Å²) in [6.07, 6.45) is 8.30. The van der Waals surface area contributed by atoms with Gasteiger partial charge in [0.05, 0.1) is 0 Å². The van der Waals surface area contributed by atoms with Gasteiger partial charge in [-0.3, -0.25) is 0 Å². The average Bonchev–Trinajstić information content (AvgIpc) is 2.35. The first-order chi connectivity index (χ1) is 10.4. The minimum atomic E-state index is 0.348. The maximum Gasteiger partial charge on any atom is -0.0132 e. The number of allylic oxidation sites excluding steroid dienone is 2. The van der Waals surface area contributed by atoms with Gasteiger partial charge < -0.3 is 0 Å². The van der Waals surface area contributed by atoms with E-state index < -0.39 is 0 Å². The molecule has 3 rings (SSSR count). The predicted octanol–water partition coefficient (Wildman–Crippen LogP) is 7.10. The Bertz CT molecular complexity index is 495. The van der Waals surface area contributed by atoms with Crippen LogP contribution in [0.5, 0.6) is 0 Å². The molecule has 0 aromatic rings. The van der Waals surface area contributed by atoms with Gasteiger partial charge in [-0.2, -0.15) is 0 Å². The Morgan fingerprint density at radius 1 is 1.00 bits per heavy atom. The van der Waals surface area contributed by atoms with Gasteiger partial charge in [0.25, 0.3) is 0 Å². The zero-order chi connectivity index (χ0) is 17.4. The summed E-state index contributed by atoms with van der Waals surface area (Å²) in [5.41, 5.74) is 3.52. The van der Waals surface area contributed by atoms with E-state index in [0.29, 0.717) is 21.7 Å². The summed E-state index contributed by atoms with van der Waals surface area (Å²) in [4.78, 5) is 0. The van der Waals surface area contributed by atoms with E-state index in [1.165, 1.54) is 25.7 Å². The molecule has 0 aromatic carbocycles. The quantitative estimate of drug-likeness (QED) is 0.487. The van der Waals surface area contributed by atoms with Crippen molar-refractivity contribution in [2.45, 2.75) is 88.0 Å². The molecule has 0 bridgehead atoms. The van der Waals surface area contributed by atoms with Crippen LogP contribution in [0, 0.1) is 45.3 Å². The first kappa shape index (κ1) is 17.6. The molecule has 2 saturated carbocycles. The van der Waals surface area contributed by atoms with Crippen molar-refractivity contribution in [1.29, 1.82) is 0 Å². The van der Waals surface area contributed by atoms with E-state index in [0.717, 1.165) is 23.7 Å². The molecule has 0 nitrogen and oxygen atoms in total. The van der Waals surface area contributed by atoms with Gasteiger partial charge in [-0.15, -0.1) is 0 Å². The molecule has 0 amide bonds. The Balaban J connectivity index is 1.95. The van der Waals surface area contributed by atoms with Crippen LogP contribution >= 0.6 is 0 Å². The normalized spacial score (nSPS) is 40.0. The number of hydrogen-bond acceptors (Lipinski definition) is 0. The van der Waals surface area contributed by atoms with Crippen LogP contribution in [0.2, 0.25) is 0 Å². The van der Waals surface area contributed by atoms with Crippen molar-refractivity contribution in [3.8, 4) is 0 Å². The molecular formula is C23H40. The van der Waals surface area contributed by atoms with Gasteiger partial charge in [-0.25, -0.2) is 0 Å². The molecule has 0 aliphatic heterocycles. The molecule has 5 atom stereocenters. The summed E-state index contributed by atoms with van der Waals surface area (Å²) < 4.78 is 0. The van der Waals surface area contributed by atoms with Crippen LogP contribution in [-0.2, 0) is 0 Å². The van der Waals surface area contributed by atoms with Crippen molar-refractivity contribution in [2.24, 2.45) is 45.3 Å². The molecule has 0 N–H and O–H groups in total. The van der Waals surface area contributed by atoms with Gasteiger partial charge in [0, 0.05) is 0 Å². The molecule has 0 spiro atoms. The van der Waals surface area contributed by atoms with Crippen molar-refractivity contribution in [2.75, 3.05) is 0 Å². The van der Waals surface area contributed by atoms with Crippen LogP contribution in [0.1, 0.15) is 88.0 Å². The molecule has 0 saturated heterocycles. The molecule has 0 heteroatoms. The predicted molar refractivity (Wildman–Crippen MR) is 101 cm³/mol. The Labute approximate surface area is 145 Å². The average molecular weight is 317 g/mol. The summed E-state index contributed by atoms with van der Waals surface area (Å²) >= 11 is 0. The topological polar surface area (TPSA) is 0 Å². The standard InChI is InChI=1S/C23H40/c1-10-23(14-22(9,20(3,4)5)21(6,7)8)17-12-15(2)11-16-13-18(23)19(16)17/h11,15,17-19H,10,12-14H2,1-9H3. The zero-order valence-electron chi connectivity index (χ0n) is 17.2. The second-order valence-corrected chi connectivity index (χ2v) is 11.5. The lowest BCUT2D eigenvalue weighted by Gasteiger charge is -2.74. The van der Waals surface area contributed by atoms with Gasteiger partial charge in [-0.1, -0.05) is 74.0 Å². The van der Waals surface area contributed by atoms with Gasteiger partial charge in [0.15, 0.2) is 0 Å². The van der Waals surface area contributed by atoms with Crippen LogP contribution < -0.4 is 0 Å². The third-order valence-electron chi connectivity index (χ3n) is 9.00. The molecule has 3 aliphatic carbocycles. The number of rotatable bonds is 3. The first-order valence-corrected chi connectivity index (χ1v) is 10.1. The fraction of sp³-hybridized carbons (Fsp3) is 0.913. The maximum atomic E-state index is 2.62. The Morgan fingerprint density at radius 3 is 2.04 bits per heavy atom. The summed E-state index contributed by atoms with van der Waals surface area (Å²) in [7, 11) is 0. The van der Waals surface area contributed by atoms with E-state index in [4.69, 9.17) is 0 Å². The lowest BCUT2D eigenvalue weighted by atomic mass is 9.31. The number of hydrogen-bond donors (Lipinski definition) is 0. The summed E-state index contributed by atoms with van der Waals surface area (Å²) in [5, 5.41) is 0. The smallest absolute Gasteiger partial charge is 0.0132 e. The second-order valence-electron chi connectivity index (χ2n) is 11.5.